The number of nitrogens with one attached hydrogen (secondary N) is 1. The molecule has 0 radical (unpaired) electrons. The number of hydrogen-bond donors (Lipinski definition) is 1. The molecule has 12 heavy (non-hydrogen) atoms. The number of halogens is 2. The molecular weight excluding hydrogens is 160 g/mol. The zero-order chi connectivity index (χ0) is 8.97. The van der Waals surface area contributed by atoms with Gasteiger partial charge in [-0.25, -0.2) is 8.78 Å². The van der Waals surface area contributed by atoms with E-state index in [0.29, 0.717) is 5.69 Å². The van der Waals surface area contributed by atoms with Crippen molar-refractivity contribution in [3.63, 3.8) is 0 Å². The topological polar surface area (TPSA) is 12.0 Å². The standard InChI is InChI=1S/C9H11F2N/c1-7-2-3-8(11)6-9(7)12-5-4-10/h2-3,6,12H,4-5H2,1H3. The van der Waals surface area contributed by atoms with Crippen LogP contribution in [0.25, 0.3) is 0 Å². The van der Waals surface area contributed by atoms with Crippen LogP contribution in [0.1, 0.15) is 5.56 Å². The molecule has 0 aliphatic rings. The van der Waals surface area contributed by atoms with Gasteiger partial charge in [0.25, 0.3) is 0 Å². The van der Waals surface area contributed by atoms with Crippen molar-refractivity contribution in [1.82, 2.24) is 0 Å². The number of aryl methyl sites for hydroxylation is 1. The van der Waals surface area contributed by atoms with Crippen molar-refractivity contribution in [1.29, 1.82) is 0 Å². The molecule has 66 valence electrons. The maximum absolute atomic E-state index is 12.6. The zero-order valence-electron chi connectivity index (χ0n) is 6.90. The summed E-state index contributed by atoms with van der Waals surface area (Å²) in [4.78, 5) is 0. The largest absolute Gasteiger partial charge is 0.382 e. The maximum Gasteiger partial charge on any atom is 0.125 e. The summed E-state index contributed by atoms with van der Waals surface area (Å²) in [7, 11) is 0. The van der Waals surface area contributed by atoms with Crippen LogP contribution >= 0.6 is 0 Å². The first kappa shape index (κ1) is 8.97. The van der Waals surface area contributed by atoms with E-state index in [9.17, 15) is 8.78 Å². The summed E-state index contributed by atoms with van der Waals surface area (Å²) < 4.78 is 24.4. The van der Waals surface area contributed by atoms with Gasteiger partial charge in [-0.15, -0.1) is 0 Å². The van der Waals surface area contributed by atoms with Crippen molar-refractivity contribution in [3.8, 4) is 0 Å². The Morgan fingerprint density at radius 1 is 1.42 bits per heavy atom. The first-order valence-corrected chi connectivity index (χ1v) is 3.80. The molecule has 0 amide bonds. The highest BCUT2D eigenvalue weighted by Crippen LogP contribution is 2.15. The van der Waals surface area contributed by atoms with Gasteiger partial charge in [-0.3, -0.25) is 0 Å². The highest BCUT2D eigenvalue weighted by atomic mass is 19.1. The SMILES string of the molecule is Cc1ccc(F)cc1NCCF. The minimum Gasteiger partial charge on any atom is -0.382 e. The van der Waals surface area contributed by atoms with Gasteiger partial charge in [0.1, 0.15) is 12.5 Å². The normalized spacial score (nSPS) is 9.92. The Balaban J connectivity index is 2.75. The van der Waals surface area contributed by atoms with Crippen molar-refractivity contribution >= 4 is 5.69 Å². The van der Waals surface area contributed by atoms with E-state index in [1.807, 2.05) is 6.92 Å². The lowest BCUT2D eigenvalue weighted by molar-refractivity contribution is 0.512. The molecule has 0 unspecified atom stereocenters. The fraction of sp³-hybridized carbons (Fsp3) is 0.333. The van der Waals surface area contributed by atoms with E-state index in [4.69, 9.17) is 0 Å². The zero-order valence-corrected chi connectivity index (χ0v) is 6.90. The molecule has 0 heterocycles. The van der Waals surface area contributed by atoms with E-state index in [2.05, 4.69) is 5.32 Å². The first-order chi connectivity index (χ1) is 5.74. The van der Waals surface area contributed by atoms with Crippen LogP contribution in [0.2, 0.25) is 0 Å². The third-order valence-corrected chi connectivity index (χ3v) is 1.61. The third-order valence-electron chi connectivity index (χ3n) is 1.61. The minimum atomic E-state index is -0.448. The molecule has 0 spiro atoms. The van der Waals surface area contributed by atoms with Gasteiger partial charge >= 0.3 is 0 Å². The Kier molecular flexibility index (Phi) is 3.02. The Labute approximate surface area is 70.4 Å². The molecule has 1 aromatic rings. The summed E-state index contributed by atoms with van der Waals surface area (Å²) in [5.74, 6) is -0.304. The molecular formula is C9H11F2N. The highest BCUT2D eigenvalue weighted by Gasteiger charge is 1.98. The van der Waals surface area contributed by atoms with Gasteiger partial charge in [0.05, 0.1) is 0 Å². The van der Waals surface area contributed by atoms with E-state index in [0.717, 1.165) is 5.56 Å². The van der Waals surface area contributed by atoms with Crippen LogP contribution in [0.5, 0.6) is 0 Å². The van der Waals surface area contributed by atoms with Crippen LogP contribution in [0, 0.1) is 12.7 Å². The molecule has 3 heteroatoms. The van der Waals surface area contributed by atoms with E-state index in [1.165, 1.54) is 12.1 Å². The lowest BCUT2D eigenvalue weighted by atomic mass is 10.2. The Bertz CT molecular complexity index is 261. The molecule has 0 saturated carbocycles. The quantitative estimate of drug-likeness (QED) is 0.736. The van der Waals surface area contributed by atoms with Crippen LogP contribution in [-0.2, 0) is 0 Å². The summed E-state index contributed by atoms with van der Waals surface area (Å²) in [6.07, 6.45) is 0. The number of rotatable bonds is 3. The van der Waals surface area contributed by atoms with E-state index in [1.54, 1.807) is 6.07 Å². The number of anilines is 1. The lowest BCUT2D eigenvalue weighted by Crippen LogP contribution is -2.04. The van der Waals surface area contributed by atoms with E-state index < -0.39 is 6.67 Å². The average molecular weight is 171 g/mol. The van der Waals surface area contributed by atoms with Gasteiger partial charge in [0, 0.05) is 12.2 Å². The molecule has 0 bridgehead atoms. The van der Waals surface area contributed by atoms with E-state index in [-0.39, 0.29) is 12.4 Å². The second kappa shape index (κ2) is 4.04. The Hall–Kier alpha value is -1.12. The van der Waals surface area contributed by atoms with Crippen molar-refractivity contribution in [2.45, 2.75) is 6.92 Å². The smallest absolute Gasteiger partial charge is 0.125 e. The summed E-state index contributed by atoms with van der Waals surface area (Å²) in [5.41, 5.74) is 1.58. The van der Waals surface area contributed by atoms with Crippen molar-refractivity contribution < 1.29 is 8.78 Å². The van der Waals surface area contributed by atoms with Crippen molar-refractivity contribution in [2.24, 2.45) is 0 Å². The number of benzene rings is 1. The number of hydrogen-bond acceptors (Lipinski definition) is 1. The summed E-state index contributed by atoms with van der Waals surface area (Å²) in [6.45, 7) is 1.63. The van der Waals surface area contributed by atoms with E-state index >= 15 is 0 Å². The fourth-order valence-electron chi connectivity index (χ4n) is 0.967. The van der Waals surface area contributed by atoms with Gasteiger partial charge in [-0.1, -0.05) is 6.07 Å². The molecule has 0 saturated heterocycles. The van der Waals surface area contributed by atoms with Gasteiger partial charge < -0.3 is 5.32 Å². The minimum absolute atomic E-state index is 0.226. The second-order valence-corrected chi connectivity index (χ2v) is 2.58. The predicted octanol–water partition coefficient (Wildman–Crippen LogP) is 2.52. The Morgan fingerprint density at radius 2 is 2.17 bits per heavy atom. The monoisotopic (exact) mass is 171 g/mol. The second-order valence-electron chi connectivity index (χ2n) is 2.58. The predicted molar refractivity (Wildman–Crippen MR) is 45.6 cm³/mol. The molecule has 0 aliphatic heterocycles. The van der Waals surface area contributed by atoms with Crippen LogP contribution < -0.4 is 5.32 Å². The molecule has 0 fully saturated rings. The van der Waals surface area contributed by atoms with Crippen LogP contribution in [0.3, 0.4) is 0 Å². The van der Waals surface area contributed by atoms with Gasteiger partial charge in [0.15, 0.2) is 0 Å². The van der Waals surface area contributed by atoms with Crippen LogP contribution in [0.15, 0.2) is 18.2 Å². The molecule has 0 aliphatic carbocycles. The number of alkyl halides is 1. The summed E-state index contributed by atoms with van der Waals surface area (Å²) in [6, 6.07) is 4.41. The molecule has 1 N–H and O–H groups in total. The van der Waals surface area contributed by atoms with Crippen LogP contribution in [-0.4, -0.2) is 13.2 Å². The van der Waals surface area contributed by atoms with Gasteiger partial charge in [-0.2, -0.15) is 0 Å². The summed E-state index contributed by atoms with van der Waals surface area (Å²) in [5, 5.41) is 2.79. The first-order valence-electron chi connectivity index (χ1n) is 3.80. The maximum atomic E-state index is 12.6. The van der Waals surface area contributed by atoms with Gasteiger partial charge in [-0.05, 0) is 24.6 Å². The van der Waals surface area contributed by atoms with Gasteiger partial charge in [0.2, 0.25) is 0 Å². The molecule has 1 rings (SSSR count). The average Bonchev–Trinajstić information content (AvgIpc) is 2.07. The molecule has 0 atom stereocenters. The van der Waals surface area contributed by atoms with Crippen molar-refractivity contribution in [2.75, 3.05) is 18.5 Å². The molecule has 1 nitrogen and oxygen atoms in total. The molecule has 0 aromatic heterocycles. The van der Waals surface area contributed by atoms with Crippen molar-refractivity contribution in [3.05, 3.63) is 29.6 Å². The summed E-state index contributed by atoms with van der Waals surface area (Å²) >= 11 is 0. The van der Waals surface area contributed by atoms with Crippen LogP contribution in [0.4, 0.5) is 14.5 Å². The highest BCUT2D eigenvalue weighted by molar-refractivity contribution is 5.50. The third kappa shape index (κ3) is 2.19. The lowest BCUT2D eigenvalue weighted by Gasteiger charge is -2.06. The molecule has 1 aromatic carbocycles. The Morgan fingerprint density at radius 3 is 2.83 bits per heavy atom. The fourth-order valence-corrected chi connectivity index (χ4v) is 0.967.